The highest BCUT2D eigenvalue weighted by Crippen LogP contribution is 2.35. The van der Waals surface area contributed by atoms with Crippen LogP contribution in [0.1, 0.15) is 11.1 Å². The number of nitrogens with zero attached hydrogens (tertiary/aromatic N) is 2. The quantitative estimate of drug-likeness (QED) is 0.668. The maximum Gasteiger partial charge on any atom is 0.416 e. The van der Waals surface area contributed by atoms with E-state index in [2.05, 4.69) is 20.6 Å². The highest BCUT2D eigenvalue weighted by atomic mass is 19.4. The Morgan fingerprint density at radius 3 is 2.31 bits per heavy atom. The first-order valence-corrected chi connectivity index (χ1v) is 7.94. The number of rotatable bonds is 4. The molecule has 0 aliphatic carbocycles. The van der Waals surface area contributed by atoms with Gasteiger partial charge in [-0.1, -0.05) is 36.4 Å². The van der Waals surface area contributed by atoms with Crippen LogP contribution in [0.2, 0.25) is 0 Å². The highest BCUT2D eigenvalue weighted by Gasteiger charge is 2.32. The summed E-state index contributed by atoms with van der Waals surface area (Å²) in [6.07, 6.45) is -4.40. The van der Waals surface area contributed by atoms with E-state index in [0.29, 0.717) is 23.1 Å². The summed E-state index contributed by atoms with van der Waals surface area (Å²) >= 11 is 0. The molecule has 0 saturated carbocycles. The monoisotopic (exact) mass is 358 g/mol. The van der Waals surface area contributed by atoms with Crippen molar-refractivity contribution in [1.29, 1.82) is 0 Å². The minimum atomic E-state index is -4.40. The van der Waals surface area contributed by atoms with Crippen LogP contribution >= 0.6 is 0 Å². The molecule has 0 unspecified atom stereocenters. The zero-order valence-corrected chi connectivity index (χ0v) is 14.2. The zero-order chi connectivity index (χ0) is 18.7. The predicted octanol–water partition coefficient (Wildman–Crippen LogP) is 5.26. The van der Waals surface area contributed by atoms with Gasteiger partial charge in [0.25, 0.3) is 0 Å². The summed E-state index contributed by atoms with van der Waals surface area (Å²) in [6, 6.07) is 15.2. The van der Waals surface area contributed by atoms with Gasteiger partial charge in [-0.15, -0.1) is 0 Å². The van der Waals surface area contributed by atoms with Crippen molar-refractivity contribution in [2.75, 3.05) is 17.7 Å². The van der Waals surface area contributed by atoms with E-state index < -0.39 is 11.7 Å². The van der Waals surface area contributed by atoms with Crippen LogP contribution in [0.25, 0.3) is 11.3 Å². The van der Waals surface area contributed by atoms with Crippen LogP contribution in [0.15, 0.2) is 54.6 Å². The van der Waals surface area contributed by atoms with Crippen molar-refractivity contribution >= 4 is 17.5 Å². The molecule has 0 saturated heterocycles. The summed E-state index contributed by atoms with van der Waals surface area (Å²) in [5.41, 5.74) is 1.34. The summed E-state index contributed by atoms with van der Waals surface area (Å²) in [6.45, 7) is 1.43. The standard InChI is InChI=1S/C19H17F3N4/c1-12-14(19(20,21)22)9-6-10-15(12)24-17-11-16(25-18(23-2)26-17)13-7-4-3-5-8-13/h3-11H,1-2H3,(H2,23,24,25,26). The first kappa shape index (κ1) is 17.7. The molecule has 1 aromatic heterocycles. The van der Waals surface area contributed by atoms with Crippen LogP contribution in [0.5, 0.6) is 0 Å². The molecule has 134 valence electrons. The average molecular weight is 358 g/mol. The van der Waals surface area contributed by atoms with Crippen molar-refractivity contribution in [3.05, 3.63) is 65.7 Å². The molecule has 0 radical (unpaired) electrons. The van der Waals surface area contributed by atoms with Crippen LogP contribution in [0, 0.1) is 6.92 Å². The van der Waals surface area contributed by atoms with Crippen LogP contribution in [-0.2, 0) is 6.18 Å². The molecule has 26 heavy (non-hydrogen) atoms. The summed E-state index contributed by atoms with van der Waals surface area (Å²) in [7, 11) is 1.68. The molecule has 0 aliphatic heterocycles. The second-order valence-corrected chi connectivity index (χ2v) is 5.68. The third kappa shape index (κ3) is 3.77. The number of aromatic nitrogens is 2. The Kier molecular flexibility index (Phi) is 4.79. The maximum absolute atomic E-state index is 13.1. The fraction of sp³-hybridized carbons (Fsp3) is 0.158. The minimum absolute atomic E-state index is 0.117. The van der Waals surface area contributed by atoms with Crippen molar-refractivity contribution in [1.82, 2.24) is 9.97 Å². The molecule has 3 rings (SSSR count). The number of hydrogen-bond donors (Lipinski definition) is 2. The van der Waals surface area contributed by atoms with Gasteiger partial charge < -0.3 is 10.6 Å². The minimum Gasteiger partial charge on any atom is -0.357 e. The van der Waals surface area contributed by atoms with Gasteiger partial charge in [0.1, 0.15) is 5.82 Å². The Hall–Kier alpha value is -3.09. The van der Waals surface area contributed by atoms with E-state index in [1.165, 1.54) is 13.0 Å². The number of hydrogen-bond acceptors (Lipinski definition) is 4. The molecule has 0 bridgehead atoms. The second kappa shape index (κ2) is 7.03. The summed E-state index contributed by atoms with van der Waals surface area (Å²) in [4.78, 5) is 8.69. The summed E-state index contributed by atoms with van der Waals surface area (Å²) in [5, 5.41) is 5.85. The van der Waals surface area contributed by atoms with Gasteiger partial charge >= 0.3 is 6.18 Å². The van der Waals surface area contributed by atoms with E-state index in [1.54, 1.807) is 19.2 Å². The smallest absolute Gasteiger partial charge is 0.357 e. The molecule has 0 atom stereocenters. The van der Waals surface area contributed by atoms with Crippen LogP contribution in [-0.4, -0.2) is 17.0 Å². The molecule has 2 aromatic carbocycles. The number of nitrogens with one attached hydrogen (secondary N) is 2. The third-order valence-electron chi connectivity index (χ3n) is 3.92. The fourth-order valence-electron chi connectivity index (χ4n) is 2.60. The summed E-state index contributed by atoms with van der Waals surface area (Å²) < 4.78 is 39.3. The Balaban J connectivity index is 2.01. The topological polar surface area (TPSA) is 49.8 Å². The van der Waals surface area contributed by atoms with Gasteiger partial charge in [0.15, 0.2) is 0 Å². The summed E-state index contributed by atoms with van der Waals surface area (Å²) in [5.74, 6) is 0.782. The van der Waals surface area contributed by atoms with Crippen molar-refractivity contribution in [2.45, 2.75) is 13.1 Å². The molecule has 0 aliphatic rings. The first-order chi connectivity index (χ1) is 12.4. The Labute approximate surface area is 149 Å². The molecule has 0 amide bonds. The van der Waals surface area contributed by atoms with Crippen molar-refractivity contribution in [3.63, 3.8) is 0 Å². The highest BCUT2D eigenvalue weighted by molar-refractivity contribution is 5.69. The molecular weight excluding hydrogens is 341 g/mol. The van der Waals surface area contributed by atoms with Gasteiger partial charge in [-0.25, -0.2) is 4.98 Å². The fourth-order valence-corrected chi connectivity index (χ4v) is 2.60. The lowest BCUT2D eigenvalue weighted by molar-refractivity contribution is -0.138. The Morgan fingerprint density at radius 2 is 1.65 bits per heavy atom. The average Bonchev–Trinajstić information content (AvgIpc) is 2.63. The van der Waals surface area contributed by atoms with Crippen LogP contribution in [0.4, 0.5) is 30.6 Å². The van der Waals surface area contributed by atoms with Gasteiger partial charge in [-0.2, -0.15) is 18.2 Å². The van der Waals surface area contributed by atoms with Gasteiger partial charge in [0, 0.05) is 24.4 Å². The lowest BCUT2D eigenvalue weighted by atomic mass is 10.1. The number of anilines is 3. The third-order valence-corrected chi connectivity index (χ3v) is 3.92. The van der Waals surface area contributed by atoms with Crippen LogP contribution in [0.3, 0.4) is 0 Å². The van der Waals surface area contributed by atoms with Crippen LogP contribution < -0.4 is 10.6 Å². The zero-order valence-electron chi connectivity index (χ0n) is 14.2. The van der Waals surface area contributed by atoms with Crippen molar-refractivity contribution in [3.8, 4) is 11.3 Å². The molecule has 7 heteroatoms. The SMILES string of the molecule is CNc1nc(Nc2cccc(C(F)(F)F)c2C)cc(-c2ccccc2)n1. The molecule has 1 heterocycles. The second-order valence-electron chi connectivity index (χ2n) is 5.68. The van der Waals surface area contributed by atoms with Gasteiger partial charge in [-0.3, -0.25) is 0 Å². The molecule has 3 aromatic rings. The Bertz CT molecular complexity index is 908. The van der Waals surface area contributed by atoms with E-state index in [-0.39, 0.29) is 5.56 Å². The number of benzene rings is 2. The predicted molar refractivity (Wildman–Crippen MR) is 96.5 cm³/mol. The molecule has 0 fully saturated rings. The van der Waals surface area contributed by atoms with Gasteiger partial charge in [0.2, 0.25) is 5.95 Å². The number of halogens is 3. The molecule has 2 N–H and O–H groups in total. The van der Waals surface area contributed by atoms with Crippen molar-refractivity contribution < 1.29 is 13.2 Å². The number of alkyl halides is 3. The van der Waals surface area contributed by atoms with E-state index >= 15 is 0 Å². The molecule has 4 nitrogen and oxygen atoms in total. The van der Waals surface area contributed by atoms with E-state index in [4.69, 9.17) is 0 Å². The largest absolute Gasteiger partial charge is 0.416 e. The molecule has 0 spiro atoms. The van der Waals surface area contributed by atoms with Crippen molar-refractivity contribution in [2.24, 2.45) is 0 Å². The van der Waals surface area contributed by atoms with E-state index in [1.807, 2.05) is 30.3 Å². The van der Waals surface area contributed by atoms with Gasteiger partial charge in [0.05, 0.1) is 11.3 Å². The van der Waals surface area contributed by atoms with Gasteiger partial charge in [-0.05, 0) is 24.6 Å². The first-order valence-electron chi connectivity index (χ1n) is 7.94. The van der Waals surface area contributed by atoms with E-state index in [0.717, 1.165) is 11.6 Å². The maximum atomic E-state index is 13.1. The lowest BCUT2D eigenvalue weighted by Crippen LogP contribution is -2.09. The van der Waals surface area contributed by atoms with E-state index in [9.17, 15) is 13.2 Å². The Morgan fingerprint density at radius 1 is 0.923 bits per heavy atom. The molecular formula is C19H17F3N4. The lowest BCUT2D eigenvalue weighted by Gasteiger charge is -2.15. The normalized spacial score (nSPS) is 11.3.